The van der Waals surface area contributed by atoms with Crippen LogP contribution in [0.4, 0.5) is 0 Å². The van der Waals surface area contributed by atoms with Gasteiger partial charge in [-0.1, -0.05) is 59.1 Å². The molecule has 0 aromatic carbocycles. The van der Waals surface area contributed by atoms with Gasteiger partial charge in [0.15, 0.2) is 0 Å². The van der Waals surface area contributed by atoms with Gasteiger partial charge in [0.1, 0.15) is 0 Å². The smallest absolute Gasteiger partial charge is 0.0603 e. The van der Waals surface area contributed by atoms with E-state index in [9.17, 15) is 0 Å². The van der Waals surface area contributed by atoms with Crippen molar-refractivity contribution >= 4 is 0 Å². The molecule has 24 heavy (non-hydrogen) atoms. The fourth-order valence-electron chi connectivity index (χ4n) is 4.79. The zero-order valence-corrected chi connectivity index (χ0v) is 16.8. The summed E-state index contributed by atoms with van der Waals surface area (Å²) in [4.78, 5) is 0. The van der Waals surface area contributed by atoms with Gasteiger partial charge in [0.05, 0.1) is 6.10 Å². The Labute approximate surface area is 151 Å². The first-order valence-electron chi connectivity index (χ1n) is 11.0. The second-order valence-corrected chi connectivity index (χ2v) is 8.65. The Morgan fingerprint density at radius 2 is 1.58 bits per heavy atom. The Morgan fingerprint density at radius 1 is 0.833 bits per heavy atom. The third kappa shape index (κ3) is 5.90. The van der Waals surface area contributed by atoms with Crippen LogP contribution in [0.25, 0.3) is 0 Å². The molecule has 0 saturated heterocycles. The average Bonchev–Trinajstić information content (AvgIpc) is 2.62. The first-order chi connectivity index (χ1) is 11.7. The van der Waals surface area contributed by atoms with Crippen molar-refractivity contribution in [3.63, 3.8) is 0 Å². The number of hydrogen-bond acceptors (Lipinski definition) is 1. The van der Waals surface area contributed by atoms with Crippen LogP contribution >= 0.6 is 0 Å². The Kier molecular flexibility index (Phi) is 8.87. The topological polar surface area (TPSA) is 9.23 Å². The van der Waals surface area contributed by atoms with Crippen LogP contribution in [0.3, 0.4) is 0 Å². The van der Waals surface area contributed by atoms with Gasteiger partial charge < -0.3 is 4.74 Å². The van der Waals surface area contributed by atoms with Crippen molar-refractivity contribution in [2.45, 2.75) is 98.0 Å². The molecular formula is C23H42O. The molecule has 0 amide bonds. The number of hydrogen-bond donors (Lipinski definition) is 0. The minimum Gasteiger partial charge on any atom is -0.378 e. The van der Waals surface area contributed by atoms with E-state index in [1.807, 2.05) is 0 Å². The molecule has 0 aromatic rings. The third-order valence-corrected chi connectivity index (χ3v) is 7.05. The van der Waals surface area contributed by atoms with Crippen LogP contribution < -0.4 is 0 Å². The second kappa shape index (κ2) is 10.6. The maximum Gasteiger partial charge on any atom is 0.0603 e. The highest BCUT2D eigenvalue weighted by Gasteiger charge is 2.33. The van der Waals surface area contributed by atoms with Crippen LogP contribution in [0.5, 0.6) is 0 Å². The molecule has 2 aliphatic carbocycles. The van der Waals surface area contributed by atoms with Crippen LogP contribution in [-0.2, 0) is 4.74 Å². The van der Waals surface area contributed by atoms with Crippen molar-refractivity contribution in [3.05, 3.63) is 12.2 Å². The molecule has 0 radical (unpaired) electrons. The van der Waals surface area contributed by atoms with Gasteiger partial charge in [-0.2, -0.15) is 0 Å². The predicted molar refractivity (Wildman–Crippen MR) is 105 cm³/mol. The van der Waals surface area contributed by atoms with Gasteiger partial charge >= 0.3 is 0 Å². The molecule has 0 aliphatic heterocycles. The molecule has 2 aliphatic rings. The summed E-state index contributed by atoms with van der Waals surface area (Å²) in [5.41, 5.74) is 0. The standard InChI is InChI=1S/C23H42O/c1-5-7-8-17-24-23-16-15-22(18(3)19(23)4)14-13-21-11-9-20(6-2)10-12-21/h13-14,18-23H,5-12,15-17H2,1-4H3. The molecule has 0 bridgehead atoms. The minimum atomic E-state index is 0.501. The van der Waals surface area contributed by atoms with Crippen molar-refractivity contribution in [3.8, 4) is 0 Å². The summed E-state index contributed by atoms with van der Waals surface area (Å²) < 4.78 is 6.21. The van der Waals surface area contributed by atoms with Crippen LogP contribution in [0.1, 0.15) is 91.9 Å². The van der Waals surface area contributed by atoms with Gasteiger partial charge in [0.2, 0.25) is 0 Å². The van der Waals surface area contributed by atoms with Gasteiger partial charge in [0.25, 0.3) is 0 Å². The molecule has 2 rings (SSSR count). The molecule has 0 spiro atoms. The number of rotatable bonds is 8. The van der Waals surface area contributed by atoms with Crippen molar-refractivity contribution in [2.24, 2.45) is 29.6 Å². The second-order valence-electron chi connectivity index (χ2n) is 8.65. The van der Waals surface area contributed by atoms with E-state index >= 15 is 0 Å². The van der Waals surface area contributed by atoms with Gasteiger partial charge in [-0.3, -0.25) is 0 Å². The monoisotopic (exact) mass is 334 g/mol. The van der Waals surface area contributed by atoms with Crippen molar-refractivity contribution < 1.29 is 4.74 Å². The lowest BCUT2D eigenvalue weighted by molar-refractivity contribution is -0.0353. The van der Waals surface area contributed by atoms with E-state index in [-0.39, 0.29) is 0 Å². The summed E-state index contributed by atoms with van der Waals surface area (Å²) in [5, 5.41) is 0. The summed E-state index contributed by atoms with van der Waals surface area (Å²) >= 11 is 0. The van der Waals surface area contributed by atoms with Gasteiger partial charge in [-0.15, -0.1) is 0 Å². The lowest BCUT2D eigenvalue weighted by Crippen LogP contribution is -2.36. The lowest BCUT2D eigenvalue weighted by atomic mass is 9.71. The fraction of sp³-hybridized carbons (Fsp3) is 0.913. The molecule has 0 N–H and O–H groups in total. The molecule has 0 aromatic heterocycles. The van der Waals surface area contributed by atoms with E-state index in [1.54, 1.807) is 0 Å². The van der Waals surface area contributed by atoms with Gasteiger partial charge in [-0.25, -0.2) is 0 Å². The van der Waals surface area contributed by atoms with Gasteiger partial charge in [-0.05, 0) is 74.5 Å². The first kappa shape index (κ1) is 20.0. The van der Waals surface area contributed by atoms with E-state index in [1.165, 1.54) is 64.2 Å². The molecule has 1 nitrogen and oxygen atoms in total. The van der Waals surface area contributed by atoms with Crippen LogP contribution in [0, 0.1) is 29.6 Å². The van der Waals surface area contributed by atoms with E-state index in [0.29, 0.717) is 12.0 Å². The highest BCUT2D eigenvalue weighted by Crippen LogP contribution is 2.38. The number of allylic oxidation sites excluding steroid dienone is 2. The maximum absolute atomic E-state index is 6.21. The normalized spacial score (nSPS) is 37.8. The molecular weight excluding hydrogens is 292 g/mol. The zero-order valence-electron chi connectivity index (χ0n) is 16.8. The van der Waals surface area contributed by atoms with Crippen LogP contribution in [0.2, 0.25) is 0 Å². The first-order valence-corrected chi connectivity index (χ1v) is 11.0. The predicted octanol–water partition coefficient (Wildman–Crippen LogP) is 7.02. The summed E-state index contributed by atoms with van der Waals surface area (Å²) in [7, 11) is 0. The Balaban J connectivity index is 1.74. The van der Waals surface area contributed by atoms with E-state index < -0.39 is 0 Å². The van der Waals surface area contributed by atoms with E-state index in [0.717, 1.165) is 30.3 Å². The number of unbranched alkanes of at least 4 members (excludes halogenated alkanes) is 2. The Bertz CT molecular complexity index is 353. The molecule has 1 heteroatoms. The largest absolute Gasteiger partial charge is 0.378 e. The SMILES string of the molecule is CCCCCOC1CCC(C=CC2CCC(CC)CC2)C(C)C1C. The Morgan fingerprint density at radius 3 is 2.25 bits per heavy atom. The van der Waals surface area contributed by atoms with Crippen molar-refractivity contribution in [2.75, 3.05) is 6.61 Å². The van der Waals surface area contributed by atoms with Crippen LogP contribution in [-0.4, -0.2) is 12.7 Å². The lowest BCUT2D eigenvalue weighted by Gasteiger charge is -2.39. The van der Waals surface area contributed by atoms with E-state index in [4.69, 9.17) is 4.74 Å². The summed E-state index contributed by atoms with van der Waals surface area (Å²) in [6.45, 7) is 10.5. The molecule has 2 fully saturated rings. The molecule has 2 saturated carbocycles. The highest BCUT2D eigenvalue weighted by atomic mass is 16.5. The van der Waals surface area contributed by atoms with E-state index in [2.05, 4.69) is 39.8 Å². The summed E-state index contributed by atoms with van der Waals surface area (Å²) in [5.74, 6) is 4.11. The van der Waals surface area contributed by atoms with Crippen LogP contribution in [0.15, 0.2) is 12.2 Å². The molecule has 4 unspecified atom stereocenters. The molecule has 4 atom stereocenters. The molecule has 140 valence electrons. The maximum atomic E-state index is 6.21. The minimum absolute atomic E-state index is 0.501. The highest BCUT2D eigenvalue weighted by molar-refractivity contribution is 4.99. The molecule has 0 heterocycles. The van der Waals surface area contributed by atoms with Gasteiger partial charge in [0, 0.05) is 6.61 Å². The average molecular weight is 335 g/mol. The quantitative estimate of drug-likeness (QED) is 0.342. The number of ether oxygens (including phenoxy) is 1. The van der Waals surface area contributed by atoms with Crippen molar-refractivity contribution in [1.29, 1.82) is 0 Å². The fourth-order valence-corrected chi connectivity index (χ4v) is 4.79. The third-order valence-electron chi connectivity index (χ3n) is 7.05. The Hall–Kier alpha value is -0.300. The van der Waals surface area contributed by atoms with Crippen molar-refractivity contribution in [1.82, 2.24) is 0 Å². The summed E-state index contributed by atoms with van der Waals surface area (Å²) in [6.07, 6.45) is 19.2. The zero-order chi connectivity index (χ0) is 17.4. The summed E-state index contributed by atoms with van der Waals surface area (Å²) in [6, 6.07) is 0.